The van der Waals surface area contributed by atoms with Crippen LogP contribution in [0.25, 0.3) is 0 Å². The van der Waals surface area contributed by atoms with Crippen LogP contribution in [0.4, 0.5) is 5.82 Å². The summed E-state index contributed by atoms with van der Waals surface area (Å²) in [7, 11) is -3.69. The van der Waals surface area contributed by atoms with Crippen molar-refractivity contribution in [3.05, 3.63) is 23.8 Å². The van der Waals surface area contributed by atoms with Crippen molar-refractivity contribution in [1.29, 1.82) is 0 Å². The maximum atomic E-state index is 11.9. The van der Waals surface area contributed by atoms with Crippen molar-refractivity contribution in [2.75, 3.05) is 4.72 Å². The summed E-state index contributed by atoms with van der Waals surface area (Å²) in [5.74, 6) is 0.786. The number of aromatic amines is 2. The Morgan fingerprint density at radius 2 is 2.24 bits per heavy atom. The van der Waals surface area contributed by atoms with Gasteiger partial charge in [-0.2, -0.15) is 13.5 Å². The molecule has 0 saturated carbocycles. The highest BCUT2D eigenvalue weighted by molar-refractivity contribution is 7.92. The van der Waals surface area contributed by atoms with E-state index in [9.17, 15) is 8.42 Å². The van der Waals surface area contributed by atoms with Gasteiger partial charge in [-0.25, -0.2) is 4.98 Å². The van der Waals surface area contributed by atoms with Gasteiger partial charge >= 0.3 is 0 Å². The van der Waals surface area contributed by atoms with Gasteiger partial charge in [0.15, 0.2) is 5.03 Å². The first kappa shape index (κ1) is 11.6. The molecule has 8 nitrogen and oxygen atoms in total. The van der Waals surface area contributed by atoms with E-state index in [0.717, 1.165) is 0 Å². The normalized spacial score (nSPS) is 11.6. The quantitative estimate of drug-likeness (QED) is 0.596. The van der Waals surface area contributed by atoms with E-state index < -0.39 is 10.0 Å². The summed E-state index contributed by atoms with van der Waals surface area (Å²) in [6, 6.07) is 0. The van der Waals surface area contributed by atoms with Gasteiger partial charge in [0.25, 0.3) is 10.0 Å². The van der Waals surface area contributed by atoms with Gasteiger partial charge in [0, 0.05) is 12.1 Å². The average molecular weight is 256 g/mol. The molecule has 0 amide bonds. The Bertz CT molecular complexity index is 614. The van der Waals surface area contributed by atoms with Gasteiger partial charge in [0.05, 0.1) is 12.4 Å². The number of nitrogens with two attached hydrogens (primary N) is 1. The second-order valence-corrected chi connectivity index (χ2v) is 5.06. The van der Waals surface area contributed by atoms with Crippen molar-refractivity contribution in [2.24, 2.45) is 5.73 Å². The van der Waals surface area contributed by atoms with Crippen LogP contribution in [0.15, 0.2) is 17.4 Å². The summed E-state index contributed by atoms with van der Waals surface area (Å²) in [6.07, 6.45) is 2.71. The van der Waals surface area contributed by atoms with Crippen LogP contribution in [0.1, 0.15) is 11.4 Å². The predicted octanol–water partition coefficient (Wildman–Crippen LogP) is -0.299. The lowest BCUT2D eigenvalue weighted by atomic mass is 10.3. The molecule has 2 aromatic heterocycles. The van der Waals surface area contributed by atoms with E-state index in [4.69, 9.17) is 5.73 Å². The molecular formula is C8H12N6O2S. The van der Waals surface area contributed by atoms with Crippen LogP contribution in [0.5, 0.6) is 0 Å². The molecule has 0 saturated heterocycles. The first-order chi connectivity index (χ1) is 8.03. The molecule has 0 aliphatic carbocycles. The summed E-state index contributed by atoms with van der Waals surface area (Å²) in [6.45, 7) is 1.86. The van der Waals surface area contributed by atoms with Crippen LogP contribution in [-0.4, -0.2) is 28.6 Å². The molecule has 0 fully saturated rings. The first-order valence-electron chi connectivity index (χ1n) is 4.79. The summed E-state index contributed by atoms with van der Waals surface area (Å²) >= 11 is 0. The smallest absolute Gasteiger partial charge is 0.280 e. The van der Waals surface area contributed by atoms with Crippen LogP contribution in [0.2, 0.25) is 0 Å². The third kappa shape index (κ3) is 2.29. The van der Waals surface area contributed by atoms with Crippen molar-refractivity contribution in [1.82, 2.24) is 20.2 Å². The fraction of sp³-hybridized carbons (Fsp3) is 0.250. The predicted molar refractivity (Wildman–Crippen MR) is 60.6 cm³/mol. The molecule has 0 unspecified atom stereocenters. The van der Waals surface area contributed by atoms with Gasteiger partial charge in [-0.1, -0.05) is 0 Å². The van der Waals surface area contributed by atoms with Crippen molar-refractivity contribution in [3.63, 3.8) is 0 Å². The van der Waals surface area contributed by atoms with E-state index >= 15 is 0 Å². The minimum Gasteiger partial charge on any atom is -0.332 e. The minimum atomic E-state index is -3.69. The van der Waals surface area contributed by atoms with Gasteiger partial charge < -0.3 is 10.7 Å². The second kappa shape index (κ2) is 4.18. The molecule has 0 aliphatic rings. The maximum Gasteiger partial charge on any atom is 0.280 e. The monoisotopic (exact) mass is 256 g/mol. The SMILES string of the molecule is Cc1ncc(S(=O)(=O)Nc2[nH]ncc2CN)[nH]1. The number of hydrogen-bond donors (Lipinski definition) is 4. The summed E-state index contributed by atoms with van der Waals surface area (Å²) in [5.41, 5.74) is 6.03. The van der Waals surface area contributed by atoms with Crippen molar-refractivity contribution < 1.29 is 8.42 Å². The zero-order chi connectivity index (χ0) is 12.5. The Hall–Kier alpha value is -1.87. The number of hydrogen-bond acceptors (Lipinski definition) is 5. The van der Waals surface area contributed by atoms with Crippen molar-refractivity contribution in [3.8, 4) is 0 Å². The third-order valence-corrected chi connectivity index (χ3v) is 3.40. The Morgan fingerprint density at radius 3 is 2.82 bits per heavy atom. The van der Waals surface area contributed by atoms with Gasteiger partial charge in [0.1, 0.15) is 11.6 Å². The average Bonchev–Trinajstić information content (AvgIpc) is 2.86. The summed E-state index contributed by atoms with van der Waals surface area (Å²) < 4.78 is 26.2. The lowest BCUT2D eigenvalue weighted by Crippen LogP contribution is -2.15. The van der Waals surface area contributed by atoms with Crippen molar-refractivity contribution in [2.45, 2.75) is 18.5 Å². The number of nitrogens with one attached hydrogen (secondary N) is 3. The van der Waals surface area contributed by atoms with Crippen LogP contribution in [0.3, 0.4) is 0 Å². The first-order valence-corrected chi connectivity index (χ1v) is 6.28. The van der Waals surface area contributed by atoms with E-state index in [1.165, 1.54) is 12.4 Å². The number of anilines is 1. The molecular weight excluding hydrogens is 244 g/mol. The number of aromatic nitrogens is 4. The molecule has 2 aromatic rings. The van der Waals surface area contributed by atoms with Crippen LogP contribution >= 0.6 is 0 Å². The standard InChI is InChI=1S/C8H12N6O2S/c1-5-10-4-7(12-5)17(15,16)14-8-6(2-9)3-11-13-8/h3-4H,2,9H2,1H3,(H,10,12)(H2,11,13,14). The Labute approximate surface area is 97.7 Å². The highest BCUT2D eigenvalue weighted by Gasteiger charge is 2.18. The molecule has 0 radical (unpaired) electrons. The topological polar surface area (TPSA) is 130 Å². The highest BCUT2D eigenvalue weighted by atomic mass is 32.2. The minimum absolute atomic E-state index is 0.00688. The van der Waals surface area contributed by atoms with E-state index in [0.29, 0.717) is 11.4 Å². The van der Waals surface area contributed by atoms with E-state index in [1.807, 2.05) is 0 Å². The largest absolute Gasteiger partial charge is 0.332 e. The van der Waals surface area contributed by atoms with Gasteiger partial charge in [0.2, 0.25) is 0 Å². The number of aryl methyl sites for hydroxylation is 1. The molecule has 2 heterocycles. The molecule has 5 N–H and O–H groups in total. The molecule has 0 bridgehead atoms. The molecule has 0 aromatic carbocycles. The number of sulfonamides is 1. The number of H-pyrrole nitrogens is 2. The van der Waals surface area contributed by atoms with Gasteiger partial charge in [-0.05, 0) is 6.92 Å². The molecule has 0 aliphatic heterocycles. The van der Waals surface area contributed by atoms with E-state index in [-0.39, 0.29) is 17.4 Å². The Balaban J connectivity index is 2.29. The van der Waals surface area contributed by atoms with Crippen LogP contribution in [-0.2, 0) is 16.6 Å². The van der Waals surface area contributed by atoms with Gasteiger partial charge in [-0.15, -0.1) is 0 Å². The fourth-order valence-corrected chi connectivity index (χ4v) is 2.31. The highest BCUT2D eigenvalue weighted by Crippen LogP contribution is 2.15. The fourth-order valence-electron chi connectivity index (χ4n) is 1.28. The Morgan fingerprint density at radius 1 is 1.47 bits per heavy atom. The molecule has 2 rings (SSSR count). The summed E-state index contributed by atoms with van der Waals surface area (Å²) in [4.78, 5) is 6.47. The van der Waals surface area contributed by atoms with E-state index in [1.54, 1.807) is 6.92 Å². The molecule has 17 heavy (non-hydrogen) atoms. The number of imidazole rings is 1. The van der Waals surface area contributed by atoms with Crippen LogP contribution in [0, 0.1) is 6.92 Å². The third-order valence-electron chi connectivity index (χ3n) is 2.14. The lowest BCUT2D eigenvalue weighted by molar-refractivity contribution is 0.598. The van der Waals surface area contributed by atoms with E-state index in [2.05, 4.69) is 24.9 Å². The maximum absolute atomic E-state index is 11.9. The van der Waals surface area contributed by atoms with Gasteiger partial charge in [-0.3, -0.25) is 9.82 Å². The lowest BCUT2D eigenvalue weighted by Gasteiger charge is -2.05. The molecule has 0 atom stereocenters. The second-order valence-electron chi connectivity index (χ2n) is 3.41. The number of rotatable bonds is 4. The van der Waals surface area contributed by atoms with Crippen molar-refractivity contribution >= 4 is 15.8 Å². The molecule has 0 spiro atoms. The zero-order valence-electron chi connectivity index (χ0n) is 9.06. The van der Waals surface area contributed by atoms with Crippen LogP contribution < -0.4 is 10.5 Å². The summed E-state index contributed by atoms with van der Waals surface area (Å²) in [5, 5.41) is 6.25. The molecule has 92 valence electrons. The number of nitrogens with zero attached hydrogens (tertiary/aromatic N) is 2. The molecule has 9 heteroatoms. The zero-order valence-corrected chi connectivity index (χ0v) is 9.87. The Kier molecular flexibility index (Phi) is 2.86.